The number of fused-ring (bicyclic) bond motifs is 1. The Labute approximate surface area is 65.8 Å². The van der Waals surface area contributed by atoms with Crippen molar-refractivity contribution >= 4 is 21.7 Å². The van der Waals surface area contributed by atoms with E-state index in [-0.39, 0.29) is 18.0 Å². The van der Waals surface area contributed by atoms with E-state index in [0.717, 1.165) is 0 Å². The molecule has 0 spiro atoms. The van der Waals surface area contributed by atoms with E-state index >= 15 is 0 Å². The van der Waals surface area contributed by atoms with Gasteiger partial charge in [-0.15, -0.1) is 0 Å². The average Bonchev–Trinajstić information content (AvgIpc) is 2.61. The first-order valence-electron chi connectivity index (χ1n) is 2.95. The lowest BCUT2D eigenvalue weighted by Crippen LogP contribution is -2.24. The van der Waals surface area contributed by atoms with E-state index in [1.165, 1.54) is 6.08 Å². The van der Waals surface area contributed by atoms with Crippen LogP contribution in [0.2, 0.25) is 0 Å². The lowest BCUT2D eigenvalue weighted by Gasteiger charge is -2.06. The van der Waals surface area contributed by atoms with E-state index in [9.17, 15) is 4.79 Å². The SMILES string of the molecule is O=C1C(Br)=C[C@H](O)[C@H]2O[C@@H]12. The molecule has 0 aromatic carbocycles. The molecule has 10 heavy (non-hydrogen) atoms. The molecule has 1 aliphatic carbocycles. The van der Waals surface area contributed by atoms with Crippen molar-refractivity contribution in [1.82, 2.24) is 0 Å². The molecular weight excluding hydrogens is 200 g/mol. The van der Waals surface area contributed by atoms with E-state index in [0.29, 0.717) is 4.48 Å². The van der Waals surface area contributed by atoms with Crippen LogP contribution in [0, 0.1) is 0 Å². The van der Waals surface area contributed by atoms with Crippen LogP contribution in [0.1, 0.15) is 0 Å². The van der Waals surface area contributed by atoms with Gasteiger partial charge in [-0.3, -0.25) is 4.79 Å². The van der Waals surface area contributed by atoms with Crippen molar-refractivity contribution in [3.63, 3.8) is 0 Å². The number of rotatable bonds is 0. The molecule has 0 aromatic rings. The molecule has 1 heterocycles. The number of hydrogen-bond acceptors (Lipinski definition) is 3. The monoisotopic (exact) mass is 204 g/mol. The van der Waals surface area contributed by atoms with Gasteiger partial charge in [-0.25, -0.2) is 0 Å². The maximum absolute atomic E-state index is 11.0. The molecule has 0 radical (unpaired) electrons. The molecule has 1 fully saturated rings. The maximum Gasteiger partial charge on any atom is 0.201 e. The number of ether oxygens (including phenoxy) is 1. The van der Waals surface area contributed by atoms with Crippen LogP contribution in [-0.4, -0.2) is 29.2 Å². The van der Waals surface area contributed by atoms with Crippen molar-refractivity contribution in [1.29, 1.82) is 0 Å². The molecule has 54 valence electrons. The summed E-state index contributed by atoms with van der Waals surface area (Å²) in [7, 11) is 0. The van der Waals surface area contributed by atoms with Gasteiger partial charge in [0.1, 0.15) is 12.2 Å². The van der Waals surface area contributed by atoms with E-state index in [4.69, 9.17) is 9.84 Å². The Balaban J connectivity index is 2.30. The van der Waals surface area contributed by atoms with Crippen LogP contribution < -0.4 is 0 Å². The number of epoxide rings is 1. The normalized spacial score (nSPS) is 44.4. The summed E-state index contributed by atoms with van der Waals surface area (Å²) in [6, 6.07) is 0. The summed E-state index contributed by atoms with van der Waals surface area (Å²) in [6.07, 6.45) is 0.205. The van der Waals surface area contributed by atoms with E-state index in [1.807, 2.05) is 0 Å². The molecule has 2 rings (SSSR count). The fourth-order valence-electron chi connectivity index (χ4n) is 1.06. The van der Waals surface area contributed by atoms with Gasteiger partial charge in [0.15, 0.2) is 6.10 Å². The first-order valence-corrected chi connectivity index (χ1v) is 3.74. The quantitative estimate of drug-likeness (QED) is 0.565. The predicted octanol–water partition coefficient (Wildman–Crippen LogP) is -0.0238. The summed E-state index contributed by atoms with van der Waals surface area (Å²) in [5.41, 5.74) is 0. The zero-order valence-corrected chi connectivity index (χ0v) is 6.54. The standard InChI is InChI=1S/C6H5BrO3/c7-2-1-3(8)5-6(10-5)4(2)9/h1,3,5-6,8H/t3-,5+,6-/m0/s1. The van der Waals surface area contributed by atoms with Crippen molar-refractivity contribution in [3.8, 4) is 0 Å². The minimum atomic E-state index is -0.614. The zero-order valence-electron chi connectivity index (χ0n) is 4.95. The second kappa shape index (κ2) is 1.90. The molecule has 0 amide bonds. The fraction of sp³-hybridized carbons (Fsp3) is 0.500. The van der Waals surface area contributed by atoms with Gasteiger partial charge in [0.05, 0.1) is 4.48 Å². The van der Waals surface area contributed by atoms with Crippen molar-refractivity contribution in [2.75, 3.05) is 0 Å². The molecule has 2 aliphatic rings. The molecule has 0 unspecified atom stereocenters. The summed E-state index contributed by atoms with van der Waals surface area (Å²) in [5.74, 6) is -0.0599. The van der Waals surface area contributed by atoms with Crippen LogP contribution >= 0.6 is 15.9 Å². The van der Waals surface area contributed by atoms with E-state index in [2.05, 4.69) is 15.9 Å². The average molecular weight is 205 g/mol. The predicted molar refractivity (Wildman–Crippen MR) is 36.7 cm³/mol. The smallest absolute Gasteiger partial charge is 0.201 e. The molecule has 3 atom stereocenters. The van der Waals surface area contributed by atoms with Gasteiger partial charge in [0, 0.05) is 0 Å². The number of Topliss-reactive ketones (excluding diaryl/α,β-unsaturated/α-hetero) is 1. The number of hydrogen-bond donors (Lipinski definition) is 1. The van der Waals surface area contributed by atoms with Gasteiger partial charge in [-0.05, 0) is 22.0 Å². The molecule has 1 aliphatic heterocycles. The highest BCUT2D eigenvalue weighted by molar-refractivity contribution is 9.12. The van der Waals surface area contributed by atoms with Gasteiger partial charge in [0.25, 0.3) is 0 Å². The minimum Gasteiger partial charge on any atom is -0.386 e. The van der Waals surface area contributed by atoms with Crippen molar-refractivity contribution < 1.29 is 14.6 Å². The fourth-order valence-corrected chi connectivity index (χ4v) is 1.55. The van der Waals surface area contributed by atoms with Crippen LogP contribution in [0.3, 0.4) is 0 Å². The number of aliphatic hydroxyl groups is 1. The molecule has 1 saturated heterocycles. The number of aliphatic hydroxyl groups excluding tert-OH is 1. The van der Waals surface area contributed by atoms with Crippen LogP contribution in [-0.2, 0) is 9.53 Å². The highest BCUT2D eigenvalue weighted by Crippen LogP contribution is 2.35. The molecule has 1 N–H and O–H groups in total. The number of carbonyl (C=O) groups excluding carboxylic acids is 1. The van der Waals surface area contributed by atoms with Gasteiger partial charge < -0.3 is 9.84 Å². The first-order chi connectivity index (χ1) is 4.70. The third-order valence-corrected chi connectivity index (χ3v) is 2.33. The van der Waals surface area contributed by atoms with Gasteiger partial charge >= 0.3 is 0 Å². The largest absolute Gasteiger partial charge is 0.386 e. The Kier molecular flexibility index (Phi) is 1.24. The summed E-state index contributed by atoms with van der Waals surface area (Å²) in [6.45, 7) is 0. The minimum absolute atomic E-state index is 0.0599. The third kappa shape index (κ3) is 0.761. The Bertz CT molecular complexity index is 223. The van der Waals surface area contributed by atoms with Gasteiger partial charge in [-0.2, -0.15) is 0 Å². The second-order valence-corrected chi connectivity index (χ2v) is 3.25. The Morgan fingerprint density at radius 2 is 2.40 bits per heavy atom. The molecule has 4 heteroatoms. The summed E-state index contributed by atoms with van der Waals surface area (Å²) < 4.78 is 5.32. The zero-order chi connectivity index (χ0) is 7.30. The molecular formula is C6H5BrO3. The molecule has 0 bridgehead atoms. The number of ketones is 1. The highest BCUT2D eigenvalue weighted by Gasteiger charge is 2.52. The number of carbonyl (C=O) groups is 1. The van der Waals surface area contributed by atoms with Gasteiger partial charge in [-0.1, -0.05) is 0 Å². The first kappa shape index (κ1) is 6.52. The summed E-state index contributed by atoms with van der Waals surface area (Å²) in [4.78, 5) is 11.0. The van der Waals surface area contributed by atoms with Crippen LogP contribution in [0.25, 0.3) is 0 Å². The second-order valence-electron chi connectivity index (χ2n) is 2.39. The van der Waals surface area contributed by atoms with Crippen LogP contribution in [0.5, 0.6) is 0 Å². The molecule has 0 saturated carbocycles. The van der Waals surface area contributed by atoms with E-state index in [1.54, 1.807) is 0 Å². The maximum atomic E-state index is 11.0. The van der Waals surface area contributed by atoms with Crippen LogP contribution in [0.4, 0.5) is 0 Å². The Morgan fingerprint density at radius 3 is 3.10 bits per heavy atom. The molecule has 3 nitrogen and oxygen atoms in total. The van der Waals surface area contributed by atoms with Crippen molar-refractivity contribution in [2.24, 2.45) is 0 Å². The third-order valence-electron chi connectivity index (χ3n) is 1.67. The van der Waals surface area contributed by atoms with Crippen LogP contribution in [0.15, 0.2) is 10.6 Å². The van der Waals surface area contributed by atoms with Crippen molar-refractivity contribution in [3.05, 3.63) is 10.6 Å². The lowest BCUT2D eigenvalue weighted by atomic mass is 10.0. The highest BCUT2D eigenvalue weighted by atomic mass is 79.9. The topological polar surface area (TPSA) is 49.8 Å². The Morgan fingerprint density at radius 1 is 1.70 bits per heavy atom. The summed E-state index contributed by atoms with van der Waals surface area (Å²) >= 11 is 3.03. The van der Waals surface area contributed by atoms with Crippen molar-refractivity contribution in [2.45, 2.75) is 18.3 Å². The molecule has 0 aromatic heterocycles. The van der Waals surface area contributed by atoms with Gasteiger partial charge in [0.2, 0.25) is 5.78 Å². The Hall–Kier alpha value is -0.190. The lowest BCUT2D eigenvalue weighted by molar-refractivity contribution is -0.116. The number of halogens is 1. The van der Waals surface area contributed by atoms with E-state index < -0.39 is 6.10 Å². The summed E-state index contributed by atoms with van der Waals surface area (Å²) in [5, 5.41) is 9.12.